The van der Waals surface area contributed by atoms with Crippen molar-refractivity contribution in [3.05, 3.63) is 11.9 Å². The highest BCUT2D eigenvalue weighted by Gasteiger charge is 2.24. The highest BCUT2D eigenvalue weighted by molar-refractivity contribution is 5.92. The van der Waals surface area contributed by atoms with Gasteiger partial charge < -0.3 is 20.9 Å². The molecule has 2 aliphatic heterocycles. The number of aromatic nitrogens is 3. The van der Waals surface area contributed by atoms with Crippen LogP contribution >= 0.6 is 0 Å². The maximum atomic E-state index is 12.4. The first-order valence-electron chi connectivity index (χ1n) is 9.60. The minimum atomic E-state index is -0.186. The van der Waals surface area contributed by atoms with Gasteiger partial charge in [-0.15, -0.1) is 5.10 Å². The zero-order chi connectivity index (χ0) is 18.4. The molecule has 0 radical (unpaired) electrons. The van der Waals surface area contributed by atoms with Crippen LogP contribution in [-0.2, 0) is 6.54 Å². The van der Waals surface area contributed by atoms with E-state index in [-0.39, 0.29) is 18.0 Å². The fourth-order valence-corrected chi connectivity index (χ4v) is 3.59. The molecule has 3 heterocycles. The minimum Gasteiger partial charge on any atom is -0.348 e. The molecule has 1 aromatic heterocycles. The lowest BCUT2D eigenvalue weighted by Crippen LogP contribution is -2.49. The number of rotatable bonds is 5. The Hall–Kier alpha value is -2.16. The van der Waals surface area contributed by atoms with Crippen LogP contribution < -0.4 is 16.0 Å². The Kier molecular flexibility index (Phi) is 6.43. The van der Waals surface area contributed by atoms with Gasteiger partial charge in [0.1, 0.15) is 0 Å². The van der Waals surface area contributed by atoms with E-state index in [1.165, 1.54) is 12.8 Å². The standard InChI is InChI=1S/C17H29N7O2/c1-2-19-17(26)23-8-5-14(6-9-23)20-16(25)15-12-24(22-21-15)11-13-4-3-7-18-10-13/h12-14,18H,2-11H2,1H3,(H,19,26)(H,20,25). The van der Waals surface area contributed by atoms with Gasteiger partial charge in [0.2, 0.25) is 0 Å². The van der Waals surface area contributed by atoms with E-state index in [1.54, 1.807) is 15.8 Å². The quantitative estimate of drug-likeness (QED) is 0.693. The fourth-order valence-electron chi connectivity index (χ4n) is 3.59. The van der Waals surface area contributed by atoms with Crippen LogP contribution in [0.25, 0.3) is 0 Å². The summed E-state index contributed by atoms with van der Waals surface area (Å²) in [7, 11) is 0. The third-order valence-electron chi connectivity index (χ3n) is 5.06. The van der Waals surface area contributed by atoms with Gasteiger partial charge in [-0.1, -0.05) is 5.21 Å². The highest BCUT2D eigenvalue weighted by Crippen LogP contribution is 2.13. The number of hydrogen-bond donors (Lipinski definition) is 3. The molecule has 9 nitrogen and oxygen atoms in total. The number of urea groups is 1. The molecule has 9 heteroatoms. The van der Waals surface area contributed by atoms with E-state index < -0.39 is 0 Å². The third-order valence-corrected chi connectivity index (χ3v) is 5.06. The van der Waals surface area contributed by atoms with Crippen LogP contribution in [0.5, 0.6) is 0 Å². The Morgan fingerprint density at radius 1 is 1.31 bits per heavy atom. The van der Waals surface area contributed by atoms with Crippen molar-refractivity contribution < 1.29 is 9.59 Å². The SMILES string of the molecule is CCNC(=O)N1CCC(NC(=O)c2cn(CC3CCCNC3)nn2)CC1. The molecule has 1 atom stereocenters. The summed E-state index contributed by atoms with van der Waals surface area (Å²) in [5.41, 5.74) is 0.361. The zero-order valence-electron chi connectivity index (χ0n) is 15.4. The molecule has 0 spiro atoms. The first kappa shape index (κ1) is 18.6. The Balaban J connectivity index is 1.44. The maximum Gasteiger partial charge on any atom is 0.317 e. The summed E-state index contributed by atoms with van der Waals surface area (Å²) in [6, 6.07) is 0.0401. The fraction of sp³-hybridized carbons (Fsp3) is 0.765. The molecule has 1 unspecified atom stereocenters. The van der Waals surface area contributed by atoms with E-state index in [0.717, 1.165) is 32.5 Å². The lowest BCUT2D eigenvalue weighted by Gasteiger charge is -2.32. The van der Waals surface area contributed by atoms with Crippen molar-refractivity contribution in [1.82, 2.24) is 35.8 Å². The second-order valence-corrected chi connectivity index (χ2v) is 7.11. The Labute approximate surface area is 153 Å². The summed E-state index contributed by atoms with van der Waals surface area (Å²) in [5.74, 6) is 0.356. The van der Waals surface area contributed by atoms with Crippen LogP contribution in [-0.4, -0.2) is 70.6 Å². The molecule has 3 N–H and O–H groups in total. The monoisotopic (exact) mass is 363 g/mol. The van der Waals surface area contributed by atoms with Crippen molar-refractivity contribution in [3.8, 4) is 0 Å². The minimum absolute atomic E-state index is 0.0302. The van der Waals surface area contributed by atoms with Crippen LogP contribution in [0, 0.1) is 5.92 Å². The summed E-state index contributed by atoms with van der Waals surface area (Å²) < 4.78 is 1.77. The number of nitrogens with one attached hydrogen (secondary N) is 3. The van der Waals surface area contributed by atoms with Crippen LogP contribution in [0.15, 0.2) is 6.20 Å². The average Bonchev–Trinajstić information content (AvgIpc) is 3.12. The number of carbonyl (C=O) groups excluding carboxylic acids is 2. The second-order valence-electron chi connectivity index (χ2n) is 7.11. The van der Waals surface area contributed by atoms with Crippen LogP contribution in [0.4, 0.5) is 4.79 Å². The van der Waals surface area contributed by atoms with Crippen LogP contribution in [0.2, 0.25) is 0 Å². The smallest absolute Gasteiger partial charge is 0.317 e. The van der Waals surface area contributed by atoms with Crippen molar-refractivity contribution in [1.29, 1.82) is 0 Å². The predicted octanol–water partition coefficient (Wildman–Crippen LogP) is 0.201. The molecule has 2 fully saturated rings. The van der Waals surface area contributed by atoms with Gasteiger partial charge in [-0.25, -0.2) is 4.79 Å². The van der Waals surface area contributed by atoms with Crippen LogP contribution in [0.1, 0.15) is 43.1 Å². The first-order chi connectivity index (χ1) is 12.7. The van der Waals surface area contributed by atoms with E-state index in [9.17, 15) is 9.59 Å². The Morgan fingerprint density at radius 2 is 2.12 bits per heavy atom. The molecule has 0 aliphatic carbocycles. The molecule has 144 valence electrons. The van der Waals surface area contributed by atoms with Gasteiger partial charge in [0.15, 0.2) is 5.69 Å². The van der Waals surface area contributed by atoms with Gasteiger partial charge >= 0.3 is 6.03 Å². The Bertz CT molecular complexity index is 604. The normalized spacial score (nSPS) is 21.4. The molecule has 0 aromatic carbocycles. The molecule has 0 saturated carbocycles. The maximum absolute atomic E-state index is 12.4. The van der Waals surface area contributed by atoms with Crippen molar-refractivity contribution in [3.63, 3.8) is 0 Å². The molecule has 3 rings (SSSR count). The van der Waals surface area contributed by atoms with E-state index in [4.69, 9.17) is 0 Å². The first-order valence-corrected chi connectivity index (χ1v) is 9.60. The largest absolute Gasteiger partial charge is 0.348 e. The van der Waals surface area contributed by atoms with Gasteiger partial charge in [0.25, 0.3) is 5.91 Å². The van der Waals surface area contributed by atoms with Gasteiger partial charge in [0.05, 0.1) is 6.20 Å². The molecule has 1 aromatic rings. The lowest BCUT2D eigenvalue weighted by atomic mass is 10.00. The Morgan fingerprint density at radius 3 is 2.81 bits per heavy atom. The summed E-state index contributed by atoms with van der Waals surface area (Å²) in [4.78, 5) is 26.0. The van der Waals surface area contributed by atoms with Crippen molar-refractivity contribution in [2.75, 3.05) is 32.7 Å². The topological polar surface area (TPSA) is 104 Å². The van der Waals surface area contributed by atoms with Crippen molar-refractivity contribution in [2.45, 2.75) is 45.2 Å². The molecular weight excluding hydrogens is 334 g/mol. The van der Waals surface area contributed by atoms with Crippen LogP contribution in [0.3, 0.4) is 0 Å². The second kappa shape index (κ2) is 8.98. The highest BCUT2D eigenvalue weighted by atomic mass is 16.2. The van der Waals surface area contributed by atoms with Gasteiger partial charge in [-0.05, 0) is 51.6 Å². The summed E-state index contributed by atoms with van der Waals surface area (Å²) in [6.45, 7) is 6.70. The molecule has 2 aliphatic rings. The molecule has 3 amide bonds. The summed E-state index contributed by atoms with van der Waals surface area (Å²) in [5, 5.41) is 17.3. The van der Waals surface area contributed by atoms with Gasteiger partial charge in [0, 0.05) is 32.2 Å². The molecule has 0 bridgehead atoms. The molecule has 2 saturated heterocycles. The van der Waals surface area contributed by atoms with E-state index >= 15 is 0 Å². The predicted molar refractivity (Wildman–Crippen MR) is 96.7 cm³/mol. The number of likely N-dealkylation sites (tertiary alicyclic amines) is 1. The number of carbonyl (C=O) groups is 2. The van der Waals surface area contributed by atoms with Gasteiger partial charge in [-0.2, -0.15) is 0 Å². The van der Waals surface area contributed by atoms with Crippen molar-refractivity contribution >= 4 is 11.9 Å². The number of piperidine rings is 2. The third kappa shape index (κ3) is 4.94. The average molecular weight is 363 g/mol. The van der Waals surface area contributed by atoms with Crippen molar-refractivity contribution in [2.24, 2.45) is 5.92 Å². The lowest BCUT2D eigenvalue weighted by molar-refractivity contribution is 0.0913. The van der Waals surface area contributed by atoms with Gasteiger partial charge in [-0.3, -0.25) is 9.48 Å². The molecule has 26 heavy (non-hydrogen) atoms. The zero-order valence-corrected chi connectivity index (χ0v) is 15.4. The van der Waals surface area contributed by atoms with E-state index in [1.807, 2.05) is 6.92 Å². The summed E-state index contributed by atoms with van der Waals surface area (Å²) in [6.07, 6.45) is 5.60. The number of hydrogen-bond acceptors (Lipinski definition) is 5. The number of amides is 3. The van der Waals surface area contributed by atoms with E-state index in [2.05, 4.69) is 26.3 Å². The number of nitrogens with zero attached hydrogens (tertiary/aromatic N) is 4. The molecular formula is C17H29N7O2. The van der Waals surface area contributed by atoms with E-state index in [0.29, 0.717) is 31.2 Å². The summed E-state index contributed by atoms with van der Waals surface area (Å²) >= 11 is 0.